The first-order valence-corrected chi connectivity index (χ1v) is 8.85. The van der Waals surface area contributed by atoms with Gasteiger partial charge in [-0.15, -0.1) is 0 Å². The molecule has 0 atom stereocenters. The van der Waals surface area contributed by atoms with E-state index in [0.29, 0.717) is 17.0 Å². The van der Waals surface area contributed by atoms with Crippen LogP contribution in [-0.2, 0) is 14.8 Å². The molecule has 2 rings (SSSR count). The summed E-state index contributed by atoms with van der Waals surface area (Å²) in [6.07, 6.45) is 0. The van der Waals surface area contributed by atoms with Crippen molar-refractivity contribution in [3.63, 3.8) is 0 Å². The molecule has 2 N–H and O–H groups in total. The number of carbonyl (C=O) groups is 2. The van der Waals surface area contributed by atoms with Gasteiger partial charge < -0.3 is 10.1 Å². The topological polar surface area (TPSA) is 102 Å². The number of methoxy groups -OCH3 is 1. The van der Waals surface area contributed by atoms with Crippen molar-refractivity contribution >= 4 is 27.4 Å². The lowest BCUT2D eigenvalue weighted by Gasteiger charge is -2.09. The zero-order valence-corrected chi connectivity index (χ0v) is 14.6. The molecule has 7 nitrogen and oxygen atoms in total. The Balaban J connectivity index is 1.94. The van der Waals surface area contributed by atoms with E-state index >= 15 is 0 Å². The third-order valence-electron chi connectivity index (χ3n) is 3.37. The maximum Gasteiger partial charge on any atom is 0.241 e. The molecule has 2 aromatic carbocycles. The molecule has 2 aromatic rings. The molecule has 8 heteroatoms. The van der Waals surface area contributed by atoms with Crippen molar-refractivity contribution in [2.45, 2.75) is 11.8 Å². The quantitative estimate of drug-likeness (QED) is 0.732. The Labute approximate surface area is 146 Å². The van der Waals surface area contributed by atoms with Gasteiger partial charge >= 0.3 is 0 Å². The summed E-state index contributed by atoms with van der Waals surface area (Å²) in [6.45, 7) is 1.03. The fourth-order valence-corrected chi connectivity index (χ4v) is 2.97. The second kappa shape index (κ2) is 7.91. The summed E-state index contributed by atoms with van der Waals surface area (Å²) in [7, 11) is -2.32. The predicted molar refractivity (Wildman–Crippen MR) is 93.3 cm³/mol. The van der Waals surface area contributed by atoms with Gasteiger partial charge in [0, 0.05) is 11.3 Å². The van der Waals surface area contributed by atoms with Crippen molar-refractivity contribution < 1.29 is 22.7 Å². The van der Waals surface area contributed by atoms with E-state index in [2.05, 4.69) is 10.0 Å². The smallest absolute Gasteiger partial charge is 0.241 e. The van der Waals surface area contributed by atoms with E-state index in [9.17, 15) is 18.0 Å². The number of hydrogen-bond acceptors (Lipinski definition) is 5. The van der Waals surface area contributed by atoms with E-state index in [4.69, 9.17) is 4.74 Å². The van der Waals surface area contributed by atoms with Gasteiger partial charge in [-0.2, -0.15) is 0 Å². The van der Waals surface area contributed by atoms with E-state index in [1.54, 1.807) is 24.3 Å². The van der Waals surface area contributed by atoms with Crippen LogP contribution in [0.5, 0.6) is 5.75 Å². The number of ether oxygens (including phenoxy) is 1. The minimum atomic E-state index is -3.80. The molecule has 0 saturated carbocycles. The summed E-state index contributed by atoms with van der Waals surface area (Å²) in [5.41, 5.74) is 0.997. The Kier molecular flexibility index (Phi) is 5.89. The van der Waals surface area contributed by atoms with Gasteiger partial charge in [0.15, 0.2) is 5.78 Å². The zero-order chi connectivity index (χ0) is 18.4. The number of ketones is 1. The highest BCUT2D eigenvalue weighted by Gasteiger charge is 2.15. The maximum atomic E-state index is 12.1. The normalized spacial score (nSPS) is 11.0. The van der Waals surface area contributed by atoms with E-state index in [1.807, 2.05) is 0 Å². The minimum absolute atomic E-state index is 0.0342. The van der Waals surface area contributed by atoms with Gasteiger partial charge in [0.2, 0.25) is 15.9 Å². The molecule has 25 heavy (non-hydrogen) atoms. The van der Waals surface area contributed by atoms with Gasteiger partial charge in [0.05, 0.1) is 18.6 Å². The Hall–Kier alpha value is -2.71. The highest BCUT2D eigenvalue weighted by atomic mass is 32.2. The first-order chi connectivity index (χ1) is 11.8. The number of carbonyl (C=O) groups excluding carboxylic acids is 2. The predicted octanol–water partition coefficient (Wildman–Crippen LogP) is 1.81. The van der Waals surface area contributed by atoms with E-state index < -0.39 is 22.5 Å². The number of nitrogens with one attached hydrogen (secondary N) is 2. The number of sulfonamides is 1. The summed E-state index contributed by atoms with van der Waals surface area (Å²) < 4.78 is 31.5. The first kappa shape index (κ1) is 18.6. The molecule has 0 unspecified atom stereocenters. The number of Topliss-reactive ketones (excluding diaryl/α,β-unsaturated/α-hetero) is 1. The van der Waals surface area contributed by atoms with Crippen molar-refractivity contribution in [2.24, 2.45) is 0 Å². The average Bonchev–Trinajstić information content (AvgIpc) is 2.60. The summed E-state index contributed by atoms with van der Waals surface area (Å²) in [4.78, 5) is 23.1. The molecule has 0 spiro atoms. The van der Waals surface area contributed by atoms with Crippen LogP contribution < -0.4 is 14.8 Å². The summed E-state index contributed by atoms with van der Waals surface area (Å²) in [5.74, 6) is -0.0662. The van der Waals surface area contributed by atoms with Gasteiger partial charge in [-0.05, 0) is 55.5 Å². The largest absolute Gasteiger partial charge is 0.497 e. The SMILES string of the molecule is COc1ccc(S(=O)(=O)NCC(=O)Nc2ccc(C(C)=O)cc2)cc1. The molecule has 0 aliphatic heterocycles. The molecule has 0 aliphatic rings. The average molecular weight is 362 g/mol. The van der Waals surface area contributed by atoms with Crippen molar-refractivity contribution in [3.05, 3.63) is 54.1 Å². The van der Waals surface area contributed by atoms with E-state index in [-0.39, 0.29) is 10.7 Å². The molecule has 0 fully saturated rings. The van der Waals surface area contributed by atoms with Crippen LogP contribution in [0.3, 0.4) is 0 Å². The van der Waals surface area contributed by atoms with Crippen molar-refractivity contribution in [2.75, 3.05) is 19.0 Å². The molecule has 0 saturated heterocycles. The number of benzene rings is 2. The lowest BCUT2D eigenvalue weighted by Crippen LogP contribution is -2.32. The molecule has 0 radical (unpaired) electrons. The van der Waals surface area contributed by atoms with Crippen molar-refractivity contribution in [1.29, 1.82) is 0 Å². The Morgan fingerprint density at radius 2 is 1.60 bits per heavy atom. The van der Waals surface area contributed by atoms with Gasteiger partial charge in [0.25, 0.3) is 0 Å². The monoisotopic (exact) mass is 362 g/mol. The number of hydrogen-bond donors (Lipinski definition) is 2. The standard InChI is InChI=1S/C17H18N2O5S/c1-12(20)13-3-5-14(6-4-13)19-17(21)11-18-25(22,23)16-9-7-15(24-2)8-10-16/h3-10,18H,11H2,1-2H3,(H,19,21). The summed E-state index contributed by atoms with van der Waals surface area (Å²) in [6, 6.07) is 12.1. The van der Waals surface area contributed by atoms with Gasteiger partial charge in [-0.1, -0.05) is 0 Å². The van der Waals surface area contributed by atoms with Crippen LogP contribution in [0, 0.1) is 0 Å². The zero-order valence-electron chi connectivity index (χ0n) is 13.8. The molecule has 0 heterocycles. The Morgan fingerprint density at radius 3 is 2.12 bits per heavy atom. The van der Waals surface area contributed by atoms with Crippen LogP contribution in [0.1, 0.15) is 17.3 Å². The van der Waals surface area contributed by atoms with Crippen molar-refractivity contribution in [3.8, 4) is 5.75 Å². The maximum absolute atomic E-state index is 12.1. The van der Waals surface area contributed by atoms with Crippen LogP contribution in [0.4, 0.5) is 5.69 Å². The van der Waals surface area contributed by atoms with E-state index in [0.717, 1.165) is 0 Å². The van der Waals surface area contributed by atoms with Gasteiger partial charge in [-0.3, -0.25) is 9.59 Å². The molecule has 0 bridgehead atoms. The number of anilines is 1. The fraction of sp³-hybridized carbons (Fsp3) is 0.176. The number of rotatable bonds is 7. The first-order valence-electron chi connectivity index (χ1n) is 7.36. The highest BCUT2D eigenvalue weighted by molar-refractivity contribution is 7.89. The Morgan fingerprint density at radius 1 is 1.00 bits per heavy atom. The summed E-state index contributed by atoms with van der Waals surface area (Å²) in [5, 5.41) is 2.55. The van der Waals surface area contributed by atoms with Crippen LogP contribution in [-0.4, -0.2) is 33.8 Å². The highest BCUT2D eigenvalue weighted by Crippen LogP contribution is 2.15. The lowest BCUT2D eigenvalue weighted by molar-refractivity contribution is -0.115. The molecular weight excluding hydrogens is 344 g/mol. The minimum Gasteiger partial charge on any atom is -0.497 e. The molecule has 0 aliphatic carbocycles. The van der Waals surface area contributed by atoms with Gasteiger partial charge in [-0.25, -0.2) is 13.1 Å². The molecule has 132 valence electrons. The molecule has 0 aromatic heterocycles. The summed E-state index contributed by atoms with van der Waals surface area (Å²) >= 11 is 0. The van der Waals surface area contributed by atoms with Crippen LogP contribution in [0.25, 0.3) is 0 Å². The number of amides is 1. The van der Waals surface area contributed by atoms with E-state index in [1.165, 1.54) is 38.3 Å². The molecular formula is C17H18N2O5S. The second-order valence-electron chi connectivity index (χ2n) is 5.18. The third kappa shape index (κ3) is 5.13. The van der Waals surface area contributed by atoms with Gasteiger partial charge in [0.1, 0.15) is 5.75 Å². The lowest BCUT2D eigenvalue weighted by atomic mass is 10.1. The third-order valence-corrected chi connectivity index (χ3v) is 4.78. The van der Waals surface area contributed by atoms with Crippen LogP contribution >= 0.6 is 0 Å². The second-order valence-corrected chi connectivity index (χ2v) is 6.95. The van der Waals surface area contributed by atoms with Crippen molar-refractivity contribution in [1.82, 2.24) is 4.72 Å². The van der Waals surface area contributed by atoms with Crippen LogP contribution in [0.15, 0.2) is 53.4 Å². The molecule has 1 amide bonds. The fourth-order valence-electron chi connectivity index (χ4n) is 1.99. The Bertz CT molecular complexity index is 859. The van der Waals surface area contributed by atoms with Crippen LogP contribution in [0.2, 0.25) is 0 Å².